The molecule has 1 aliphatic heterocycles. The van der Waals surface area contributed by atoms with E-state index in [0.29, 0.717) is 0 Å². The van der Waals surface area contributed by atoms with Gasteiger partial charge in [0.25, 0.3) is 0 Å². The fourth-order valence-electron chi connectivity index (χ4n) is 3.01. The number of nitrogens with zero attached hydrogens (tertiary/aromatic N) is 3. The van der Waals surface area contributed by atoms with Crippen LogP contribution >= 0.6 is 0 Å². The van der Waals surface area contributed by atoms with Crippen molar-refractivity contribution in [3.05, 3.63) is 53.6 Å². The van der Waals surface area contributed by atoms with Crippen LogP contribution in [0.2, 0.25) is 0 Å². The third kappa shape index (κ3) is 3.52. The van der Waals surface area contributed by atoms with Gasteiger partial charge in [0.15, 0.2) is 0 Å². The summed E-state index contributed by atoms with van der Waals surface area (Å²) in [7, 11) is 0. The first-order valence-corrected chi connectivity index (χ1v) is 7.65. The molecule has 0 spiro atoms. The first kappa shape index (κ1) is 14.3. The lowest BCUT2D eigenvalue weighted by Crippen LogP contribution is -2.32. The van der Waals surface area contributed by atoms with Crippen molar-refractivity contribution < 1.29 is 4.74 Å². The van der Waals surface area contributed by atoms with Crippen LogP contribution in [0.4, 0.5) is 0 Å². The lowest BCUT2D eigenvalue weighted by Gasteiger charge is -2.23. The zero-order valence-electron chi connectivity index (χ0n) is 12.8. The molecule has 1 unspecified atom stereocenters. The lowest BCUT2D eigenvalue weighted by molar-refractivity contribution is 0.0265. The molecule has 4 heteroatoms. The van der Waals surface area contributed by atoms with E-state index in [9.17, 15) is 0 Å². The van der Waals surface area contributed by atoms with E-state index >= 15 is 0 Å². The van der Waals surface area contributed by atoms with Crippen LogP contribution in [0, 0.1) is 6.92 Å². The number of fused-ring (bicyclic) bond motifs is 1. The Bertz CT molecular complexity index is 593. The van der Waals surface area contributed by atoms with Crippen molar-refractivity contribution in [2.75, 3.05) is 13.2 Å². The second-order valence-electron chi connectivity index (χ2n) is 5.67. The van der Waals surface area contributed by atoms with Gasteiger partial charge in [-0.2, -0.15) is 0 Å². The second-order valence-corrected chi connectivity index (χ2v) is 5.67. The highest BCUT2D eigenvalue weighted by Gasteiger charge is 2.22. The third-order valence-electron chi connectivity index (χ3n) is 3.91. The number of hydrogen-bond acceptors (Lipinski definition) is 3. The molecule has 1 aliphatic rings. The summed E-state index contributed by atoms with van der Waals surface area (Å²) in [5.41, 5.74) is 3.56. The van der Waals surface area contributed by atoms with E-state index in [2.05, 4.69) is 51.8 Å². The molecular formula is C17H23N3O. The molecular weight excluding hydrogens is 262 g/mol. The van der Waals surface area contributed by atoms with Crippen molar-refractivity contribution in [3.63, 3.8) is 0 Å². The summed E-state index contributed by atoms with van der Waals surface area (Å²) in [6, 6.07) is 10.5. The van der Waals surface area contributed by atoms with Gasteiger partial charge in [-0.1, -0.05) is 6.07 Å². The molecule has 0 saturated heterocycles. The summed E-state index contributed by atoms with van der Waals surface area (Å²) in [5, 5.41) is 0. The molecule has 0 radical (unpaired) electrons. The Morgan fingerprint density at radius 3 is 2.95 bits per heavy atom. The largest absolute Gasteiger partial charge is 0.375 e. The maximum atomic E-state index is 5.90. The molecule has 0 N–H and O–H groups in total. The van der Waals surface area contributed by atoms with Crippen molar-refractivity contribution >= 4 is 0 Å². The monoisotopic (exact) mass is 285 g/mol. The van der Waals surface area contributed by atoms with E-state index in [4.69, 9.17) is 4.74 Å². The molecule has 0 saturated carbocycles. The van der Waals surface area contributed by atoms with Gasteiger partial charge in [0.1, 0.15) is 0 Å². The number of aryl methyl sites for hydroxylation is 1. The van der Waals surface area contributed by atoms with Gasteiger partial charge in [0.2, 0.25) is 0 Å². The average molecular weight is 285 g/mol. The highest BCUT2D eigenvalue weighted by atomic mass is 16.5. The first-order valence-electron chi connectivity index (χ1n) is 7.65. The Hall–Kier alpha value is -1.65. The molecule has 2 aromatic heterocycles. The SMILES string of the molecule is CCOC1CN(Cc2cccc(C)n2)Cc2cccn2C1. The summed E-state index contributed by atoms with van der Waals surface area (Å²) in [4.78, 5) is 7.05. The molecule has 112 valence electrons. The minimum absolute atomic E-state index is 0.244. The van der Waals surface area contributed by atoms with Gasteiger partial charge >= 0.3 is 0 Å². The standard InChI is InChI=1S/C17H23N3O/c1-3-21-17-12-19(10-15-7-4-6-14(2)18-15)11-16-8-5-9-20(16)13-17/h4-9,17H,3,10-13H2,1-2H3. The molecule has 2 aromatic rings. The Labute approximate surface area is 126 Å². The third-order valence-corrected chi connectivity index (χ3v) is 3.91. The van der Waals surface area contributed by atoms with Crippen LogP contribution in [0.5, 0.6) is 0 Å². The highest BCUT2D eigenvalue weighted by molar-refractivity contribution is 5.12. The fourth-order valence-corrected chi connectivity index (χ4v) is 3.01. The quantitative estimate of drug-likeness (QED) is 0.865. The minimum Gasteiger partial charge on any atom is -0.375 e. The maximum absolute atomic E-state index is 5.90. The van der Waals surface area contributed by atoms with E-state index in [0.717, 1.165) is 44.2 Å². The smallest absolute Gasteiger partial charge is 0.0880 e. The summed E-state index contributed by atoms with van der Waals surface area (Å²) >= 11 is 0. The molecule has 0 bridgehead atoms. The number of aromatic nitrogens is 2. The van der Waals surface area contributed by atoms with Gasteiger partial charge < -0.3 is 9.30 Å². The van der Waals surface area contributed by atoms with Gasteiger partial charge in [-0.15, -0.1) is 0 Å². The lowest BCUT2D eigenvalue weighted by atomic mass is 10.2. The van der Waals surface area contributed by atoms with E-state index < -0.39 is 0 Å². The fraction of sp³-hybridized carbons (Fsp3) is 0.471. The Morgan fingerprint density at radius 2 is 2.14 bits per heavy atom. The minimum atomic E-state index is 0.244. The second kappa shape index (κ2) is 6.41. The average Bonchev–Trinajstić information content (AvgIpc) is 2.79. The zero-order valence-corrected chi connectivity index (χ0v) is 12.8. The topological polar surface area (TPSA) is 30.3 Å². The van der Waals surface area contributed by atoms with Gasteiger partial charge in [-0.05, 0) is 38.1 Å². The number of rotatable bonds is 4. The molecule has 3 heterocycles. The van der Waals surface area contributed by atoms with Crippen LogP contribution < -0.4 is 0 Å². The zero-order chi connectivity index (χ0) is 14.7. The van der Waals surface area contributed by atoms with Crippen molar-refractivity contribution in [2.24, 2.45) is 0 Å². The van der Waals surface area contributed by atoms with Crippen LogP contribution in [-0.2, 0) is 24.4 Å². The normalized spacial score (nSPS) is 19.2. The van der Waals surface area contributed by atoms with Crippen molar-refractivity contribution in [1.82, 2.24) is 14.5 Å². The van der Waals surface area contributed by atoms with Crippen LogP contribution in [0.3, 0.4) is 0 Å². The number of pyridine rings is 1. The van der Waals surface area contributed by atoms with E-state index in [1.807, 2.05) is 13.0 Å². The molecule has 0 aromatic carbocycles. The molecule has 0 fully saturated rings. The van der Waals surface area contributed by atoms with E-state index in [1.54, 1.807) is 0 Å². The maximum Gasteiger partial charge on any atom is 0.0880 e. The highest BCUT2D eigenvalue weighted by Crippen LogP contribution is 2.17. The van der Waals surface area contributed by atoms with Crippen molar-refractivity contribution in [1.29, 1.82) is 0 Å². The predicted octanol–water partition coefficient (Wildman–Crippen LogP) is 2.61. The summed E-state index contributed by atoms with van der Waals surface area (Å²) in [5.74, 6) is 0. The van der Waals surface area contributed by atoms with Crippen LogP contribution in [0.15, 0.2) is 36.5 Å². The Kier molecular flexibility index (Phi) is 4.36. The van der Waals surface area contributed by atoms with Crippen LogP contribution in [-0.4, -0.2) is 33.7 Å². The number of hydrogen-bond donors (Lipinski definition) is 0. The van der Waals surface area contributed by atoms with Crippen LogP contribution in [0.1, 0.15) is 24.0 Å². The van der Waals surface area contributed by atoms with Gasteiger partial charge in [-0.3, -0.25) is 9.88 Å². The predicted molar refractivity (Wildman–Crippen MR) is 82.9 cm³/mol. The summed E-state index contributed by atoms with van der Waals surface area (Å²) < 4.78 is 8.21. The van der Waals surface area contributed by atoms with Crippen molar-refractivity contribution in [3.8, 4) is 0 Å². The first-order chi connectivity index (χ1) is 10.2. The van der Waals surface area contributed by atoms with Crippen molar-refractivity contribution in [2.45, 2.75) is 39.6 Å². The van der Waals surface area contributed by atoms with Gasteiger partial charge in [0.05, 0.1) is 11.8 Å². The van der Waals surface area contributed by atoms with Crippen LogP contribution in [0.25, 0.3) is 0 Å². The molecule has 0 amide bonds. The Morgan fingerprint density at radius 1 is 1.24 bits per heavy atom. The molecule has 1 atom stereocenters. The Balaban J connectivity index is 1.77. The molecule has 3 rings (SSSR count). The summed E-state index contributed by atoms with van der Waals surface area (Å²) in [6.07, 6.45) is 2.39. The van der Waals surface area contributed by atoms with E-state index in [-0.39, 0.29) is 6.10 Å². The van der Waals surface area contributed by atoms with E-state index in [1.165, 1.54) is 5.69 Å². The molecule has 21 heavy (non-hydrogen) atoms. The van der Waals surface area contributed by atoms with Gasteiger partial charge in [-0.25, -0.2) is 0 Å². The molecule has 4 nitrogen and oxygen atoms in total. The van der Waals surface area contributed by atoms with Gasteiger partial charge in [0, 0.05) is 50.4 Å². The molecule has 0 aliphatic carbocycles. The number of ether oxygens (including phenoxy) is 1. The summed E-state index contributed by atoms with van der Waals surface area (Å²) in [6.45, 7) is 8.58.